The van der Waals surface area contributed by atoms with E-state index in [1.165, 1.54) is 18.2 Å². The van der Waals surface area contributed by atoms with Crippen LogP contribution < -0.4 is 10.1 Å². The molecule has 0 spiro atoms. The zero-order valence-corrected chi connectivity index (χ0v) is 10.8. The average molecular weight is 277 g/mol. The smallest absolute Gasteiger partial charge is 0.387 e. The van der Waals surface area contributed by atoms with Crippen LogP contribution in [0, 0.1) is 6.92 Å². The van der Waals surface area contributed by atoms with Crippen molar-refractivity contribution in [2.75, 3.05) is 5.32 Å². The minimum atomic E-state index is -2.97. The van der Waals surface area contributed by atoms with Crippen molar-refractivity contribution in [1.29, 1.82) is 0 Å². The van der Waals surface area contributed by atoms with E-state index in [1.54, 1.807) is 18.2 Å². The first-order chi connectivity index (χ1) is 9.58. The predicted octanol–water partition coefficient (Wildman–Crippen LogP) is 3.85. The number of carbonyl (C=O) groups is 1. The number of rotatable bonds is 4. The fraction of sp³-hybridized carbons (Fsp3) is 0.133. The maximum atomic E-state index is 12.3. The maximum Gasteiger partial charge on any atom is 0.387 e. The summed E-state index contributed by atoms with van der Waals surface area (Å²) in [5, 5.41) is 2.68. The van der Waals surface area contributed by atoms with Crippen LogP contribution in [0.1, 0.15) is 15.9 Å². The largest absolute Gasteiger partial charge is 0.434 e. The first-order valence-electron chi connectivity index (χ1n) is 5.99. The number of hydrogen-bond donors (Lipinski definition) is 1. The third kappa shape index (κ3) is 3.32. The number of carbonyl (C=O) groups excluding carboxylic acids is 1. The van der Waals surface area contributed by atoms with Gasteiger partial charge in [0.2, 0.25) is 0 Å². The van der Waals surface area contributed by atoms with E-state index in [-0.39, 0.29) is 11.3 Å². The van der Waals surface area contributed by atoms with Crippen LogP contribution >= 0.6 is 0 Å². The lowest BCUT2D eigenvalue weighted by Crippen LogP contribution is -2.15. The summed E-state index contributed by atoms with van der Waals surface area (Å²) in [5.41, 5.74) is 1.58. The number of alkyl halides is 2. The van der Waals surface area contributed by atoms with Crippen molar-refractivity contribution >= 4 is 11.6 Å². The topological polar surface area (TPSA) is 38.3 Å². The maximum absolute atomic E-state index is 12.3. The lowest BCUT2D eigenvalue weighted by Gasteiger charge is -2.12. The highest BCUT2D eigenvalue weighted by molar-refractivity contribution is 6.06. The summed E-state index contributed by atoms with van der Waals surface area (Å²) < 4.78 is 28.9. The van der Waals surface area contributed by atoms with Gasteiger partial charge in [0, 0.05) is 5.69 Å². The van der Waals surface area contributed by atoms with Crippen molar-refractivity contribution in [2.45, 2.75) is 13.5 Å². The van der Waals surface area contributed by atoms with Gasteiger partial charge in [0.25, 0.3) is 5.91 Å². The van der Waals surface area contributed by atoms with Gasteiger partial charge in [-0.25, -0.2) is 0 Å². The van der Waals surface area contributed by atoms with E-state index in [9.17, 15) is 13.6 Å². The molecular formula is C15H13F2NO2. The number of hydrogen-bond acceptors (Lipinski definition) is 2. The Morgan fingerprint density at radius 2 is 1.75 bits per heavy atom. The molecule has 0 atom stereocenters. The van der Waals surface area contributed by atoms with Gasteiger partial charge in [-0.15, -0.1) is 0 Å². The molecule has 0 aliphatic carbocycles. The number of ether oxygens (including phenoxy) is 1. The first kappa shape index (κ1) is 14.0. The van der Waals surface area contributed by atoms with Gasteiger partial charge in [0.1, 0.15) is 5.75 Å². The molecule has 2 aromatic carbocycles. The van der Waals surface area contributed by atoms with E-state index >= 15 is 0 Å². The standard InChI is InChI=1S/C15H13F2NO2/c1-10-6-2-4-8-12(10)18-14(19)11-7-3-5-9-13(11)20-15(16)17/h2-9,15H,1H3,(H,18,19). The van der Waals surface area contributed by atoms with Crippen molar-refractivity contribution in [3.63, 3.8) is 0 Å². The summed E-state index contributed by atoms with van der Waals surface area (Å²) in [4.78, 5) is 12.1. The molecule has 0 aliphatic heterocycles. The molecule has 0 saturated heterocycles. The number of anilines is 1. The highest BCUT2D eigenvalue weighted by Gasteiger charge is 2.15. The second-order valence-corrected chi connectivity index (χ2v) is 4.14. The molecule has 2 rings (SSSR count). The SMILES string of the molecule is Cc1ccccc1NC(=O)c1ccccc1OC(F)F. The molecule has 0 aromatic heterocycles. The van der Waals surface area contributed by atoms with E-state index < -0.39 is 12.5 Å². The molecule has 0 fully saturated rings. The summed E-state index contributed by atoms with van der Waals surface area (Å²) in [6.07, 6.45) is 0. The minimum Gasteiger partial charge on any atom is -0.434 e. The van der Waals surface area contributed by atoms with Gasteiger partial charge in [0.05, 0.1) is 5.56 Å². The highest BCUT2D eigenvalue weighted by Crippen LogP contribution is 2.22. The van der Waals surface area contributed by atoms with E-state index in [2.05, 4.69) is 10.1 Å². The number of amides is 1. The Labute approximate surface area is 115 Å². The van der Waals surface area contributed by atoms with Crippen molar-refractivity contribution < 1.29 is 18.3 Å². The number of para-hydroxylation sites is 2. The number of halogens is 2. The summed E-state index contributed by atoms with van der Waals surface area (Å²) in [6, 6.07) is 13.1. The van der Waals surface area contributed by atoms with Gasteiger partial charge in [0.15, 0.2) is 0 Å². The van der Waals surface area contributed by atoms with E-state index in [0.717, 1.165) is 5.56 Å². The molecule has 0 bridgehead atoms. The number of aryl methyl sites for hydroxylation is 1. The Kier molecular flexibility index (Phi) is 4.30. The Morgan fingerprint density at radius 1 is 1.10 bits per heavy atom. The Morgan fingerprint density at radius 3 is 2.45 bits per heavy atom. The van der Waals surface area contributed by atoms with Gasteiger partial charge in [-0.1, -0.05) is 30.3 Å². The van der Waals surface area contributed by atoms with Crippen LogP contribution in [-0.4, -0.2) is 12.5 Å². The van der Waals surface area contributed by atoms with Crippen molar-refractivity contribution in [1.82, 2.24) is 0 Å². The van der Waals surface area contributed by atoms with Crippen molar-refractivity contribution in [2.24, 2.45) is 0 Å². The summed E-state index contributed by atoms with van der Waals surface area (Å²) >= 11 is 0. The molecule has 0 radical (unpaired) electrons. The molecule has 0 saturated carbocycles. The zero-order chi connectivity index (χ0) is 14.5. The number of nitrogens with one attached hydrogen (secondary N) is 1. The molecule has 0 heterocycles. The lowest BCUT2D eigenvalue weighted by molar-refractivity contribution is -0.0501. The molecule has 20 heavy (non-hydrogen) atoms. The van der Waals surface area contributed by atoms with Crippen molar-refractivity contribution in [3.05, 3.63) is 59.7 Å². The van der Waals surface area contributed by atoms with Gasteiger partial charge >= 0.3 is 6.61 Å². The fourth-order valence-electron chi connectivity index (χ4n) is 1.76. The van der Waals surface area contributed by atoms with Crippen LogP contribution in [0.4, 0.5) is 14.5 Å². The first-order valence-corrected chi connectivity index (χ1v) is 5.99. The second kappa shape index (κ2) is 6.14. The van der Waals surface area contributed by atoms with Crippen LogP contribution in [0.5, 0.6) is 5.75 Å². The van der Waals surface area contributed by atoms with Gasteiger partial charge in [-0.3, -0.25) is 4.79 Å². The molecule has 3 nitrogen and oxygen atoms in total. The molecule has 104 valence electrons. The van der Waals surface area contributed by atoms with Gasteiger partial charge in [-0.2, -0.15) is 8.78 Å². The van der Waals surface area contributed by atoms with Crippen molar-refractivity contribution in [3.8, 4) is 5.75 Å². The van der Waals surface area contributed by atoms with Crippen LogP contribution in [-0.2, 0) is 0 Å². The quantitative estimate of drug-likeness (QED) is 0.921. The molecule has 0 aliphatic rings. The zero-order valence-electron chi connectivity index (χ0n) is 10.8. The van der Waals surface area contributed by atoms with Crippen LogP contribution in [0.3, 0.4) is 0 Å². The molecule has 1 amide bonds. The summed E-state index contributed by atoms with van der Waals surface area (Å²) in [7, 11) is 0. The normalized spacial score (nSPS) is 10.4. The van der Waals surface area contributed by atoms with E-state index in [1.807, 2.05) is 19.1 Å². The molecule has 2 aromatic rings. The van der Waals surface area contributed by atoms with Crippen LogP contribution in [0.15, 0.2) is 48.5 Å². The Bertz CT molecular complexity index is 614. The molecular weight excluding hydrogens is 264 g/mol. The van der Waals surface area contributed by atoms with Gasteiger partial charge in [-0.05, 0) is 30.7 Å². The average Bonchev–Trinajstić information content (AvgIpc) is 2.41. The second-order valence-electron chi connectivity index (χ2n) is 4.14. The summed E-state index contributed by atoms with van der Waals surface area (Å²) in [6.45, 7) is -1.13. The lowest BCUT2D eigenvalue weighted by atomic mass is 10.1. The molecule has 5 heteroatoms. The van der Waals surface area contributed by atoms with Crippen LogP contribution in [0.25, 0.3) is 0 Å². The summed E-state index contributed by atoms with van der Waals surface area (Å²) in [5.74, 6) is -0.635. The third-order valence-corrected chi connectivity index (χ3v) is 2.74. The van der Waals surface area contributed by atoms with E-state index in [0.29, 0.717) is 5.69 Å². The highest BCUT2D eigenvalue weighted by atomic mass is 19.3. The van der Waals surface area contributed by atoms with Crippen LogP contribution in [0.2, 0.25) is 0 Å². The Hall–Kier alpha value is -2.43. The monoisotopic (exact) mass is 277 g/mol. The minimum absolute atomic E-state index is 0.0658. The Balaban J connectivity index is 2.23. The predicted molar refractivity (Wildman–Crippen MR) is 72.2 cm³/mol. The number of benzene rings is 2. The molecule has 1 N–H and O–H groups in total. The molecule has 0 unspecified atom stereocenters. The van der Waals surface area contributed by atoms with Gasteiger partial charge < -0.3 is 10.1 Å². The van der Waals surface area contributed by atoms with E-state index in [4.69, 9.17) is 0 Å². The fourth-order valence-corrected chi connectivity index (χ4v) is 1.76. The third-order valence-electron chi connectivity index (χ3n) is 2.74.